The van der Waals surface area contributed by atoms with Crippen LogP contribution in [0.1, 0.15) is 50.7 Å². The summed E-state index contributed by atoms with van der Waals surface area (Å²) in [7, 11) is 1.81. The summed E-state index contributed by atoms with van der Waals surface area (Å²) in [5.74, 6) is -0.719. The van der Waals surface area contributed by atoms with Crippen molar-refractivity contribution in [3.05, 3.63) is 71.7 Å². The summed E-state index contributed by atoms with van der Waals surface area (Å²) in [5, 5.41) is 7.86. The Bertz CT molecular complexity index is 1520. The molecule has 9 nitrogen and oxygen atoms in total. The number of fused-ring (bicyclic) bond motifs is 1. The number of hydrogen-bond donors (Lipinski definition) is 2. The Kier molecular flexibility index (Phi) is 8.27. The molecule has 1 aromatic carbocycles. The molecule has 3 heterocycles. The lowest BCUT2D eigenvalue weighted by Crippen LogP contribution is -2.54. The second kappa shape index (κ2) is 11.9. The monoisotopic (exact) mass is 563 g/mol. The molecule has 1 unspecified atom stereocenters. The van der Waals surface area contributed by atoms with E-state index in [1.54, 1.807) is 49.6 Å². The normalized spacial score (nSPS) is 20.8. The van der Waals surface area contributed by atoms with Crippen LogP contribution >= 0.6 is 0 Å². The van der Waals surface area contributed by atoms with E-state index >= 15 is 8.78 Å². The molecule has 0 aliphatic heterocycles. The standard InChI is InChI=1S/C30H35F2N7O2/c1-5-41-16-19-11-23(31)28(24(32)12-19)26-7-6-21-14-35-30(39(21)37-26)36-27-15-34-9-8-22(27)20-10-17(2)29(25(33)13-20)38(4)18(3)40/h6-9,11-12,14-15,17,20,25,29H,5,10,13,16,33H2,1-4H3,(H,35,36)/t17-,20?,25+,29-/m0/s1. The van der Waals surface area contributed by atoms with E-state index in [0.29, 0.717) is 30.1 Å². The maximum Gasteiger partial charge on any atom is 0.229 e. The van der Waals surface area contributed by atoms with E-state index in [0.717, 1.165) is 17.7 Å². The van der Waals surface area contributed by atoms with Crippen LogP contribution in [0, 0.1) is 17.6 Å². The lowest BCUT2D eigenvalue weighted by Gasteiger charge is -2.43. The van der Waals surface area contributed by atoms with Gasteiger partial charge in [-0.15, -0.1) is 0 Å². The molecule has 3 N–H and O–H groups in total. The number of nitrogens with one attached hydrogen (secondary N) is 1. The van der Waals surface area contributed by atoms with E-state index in [1.165, 1.54) is 16.6 Å². The van der Waals surface area contributed by atoms with Gasteiger partial charge in [-0.2, -0.15) is 9.61 Å². The molecule has 11 heteroatoms. The smallest absolute Gasteiger partial charge is 0.229 e. The van der Waals surface area contributed by atoms with Crippen molar-refractivity contribution in [3.63, 3.8) is 0 Å². The number of carbonyl (C=O) groups is 1. The largest absolute Gasteiger partial charge is 0.377 e. The molecule has 1 amide bonds. The van der Waals surface area contributed by atoms with Gasteiger partial charge >= 0.3 is 0 Å². The third-order valence-electron chi connectivity index (χ3n) is 7.93. The Morgan fingerprint density at radius 3 is 2.63 bits per heavy atom. The number of aromatic nitrogens is 4. The van der Waals surface area contributed by atoms with Crippen LogP contribution < -0.4 is 11.1 Å². The van der Waals surface area contributed by atoms with Crippen molar-refractivity contribution in [1.29, 1.82) is 0 Å². The first-order valence-corrected chi connectivity index (χ1v) is 13.8. The zero-order valence-corrected chi connectivity index (χ0v) is 23.6. The first-order chi connectivity index (χ1) is 19.7. The van der Waals surface area contributed by atoms with Crippen molar-refractivity contribution in [2.75, 3.05) is 19.0 Å². The lowest BCUT2D eigenvalue weighted by molar-refractivity contribution is -0.131. The fourth-order valence-electron chi connectivity index (χ4n) is 5.97. The first kappa shape index (κ1) is 28.6. The predicted molar refractivity (Wildman–Crippen MR) is 153 cm³/mol. The van der Waals surface area contributed by atoms with Crippen molar-refractivity contribution in [2.45, 2.75) is 58.2 Å². The summed E-state index contributed by atoms with van der Waals surface area (Å²) >= 11 is 0. The molecular weight excluding hydrogens is 528 g/mol. The van der Waals surface area contributed by atoms with E-state index < -0.39 is 11.6 Å². The average molecular weight is 564 g/mol. The van der Waals surface area contributed by atoms with Crippen LogP contribution in [0.15, 0.2) is 48.9 Å². The summed E-state index contributed by atoms with van der Waals surface area (Å²) in [5.41, 5.74) is 9.36. The summed E-state index contributed by atoms with van der Waals surface area (Å²) < 4.78 is 36.9. The number of pyridine rings is 1. The first-order valence-electron chi connectivity index (χ1n) is 13.8. The van der Waals surface area contributed by atoms with Gasteiger partial charge in [0.2, 0.25) is 11.9 Å². The number of hydrogen-bond acceptors (Lipinski definition) is 7. The number of imidazole rings is 1. The molecule has 216 valence electrons. The summed E-state index contributed by atoms with van der Waals surface area (Å²) in [4.78, 5) is 22.6. The van der Waals surface area contributed by atoms with Crippen LogP contribution in [-0.4, -0.2) is 56.1 Å². The number of halogens is 2. The Morgan fingerprint density at radius 2 is 1.95 bits per heavy atom. The molecule has 4 aromatic rings. The van der Waals surface area contributed by atoms with Crippen LogP contribution in [0.25, 0.3) is 16.8 Å². The van der Waals surface area contributed by atoms with Crippen LogP contribution in [-0.2, 0) is 16.1 Å². The zero-order chi connectivity index (χ0) is 29.3. The number of amides is 1. The number of rotatable bonds is 8. The van der Waals surface area contributed by atoms with E-state index in [2.05, 4.69) is 27.3 Å². The van der Waals surface area contributed by atoms with Crippen molar-refractivity contribution in [2.24, 2.45) is 11.7 Å². The number of nitrogens with zero attached hydrogens (tertiary/aromatic N) is 5. The van der Waals surface area contributed by atoms with Gasteiger partial charge in [0.1, 0.15) is 11.6 Å². The number of carbonyl (C=O) groups excluding carboxylic acids is 1. The molecule has 0 bridgehead atoms. The molecule has 1 aliphatic rings. The highest BCUT2D eigenvalue weighted by molar-refractivity contribution is 5.73. The minimum absolute atomic E-state index is 0.00119. The number of likely N-dealkylation sites (N-methyl/N-ethyl adjacent to an activating group) is 1. The Hall–Kier alpha value is -3.96. The van der Waals surface area contributed by atoms with Gasteiger partial charge < -0.3 is 20.7 Å². The van der Waals surface area contributed by atoms with Crippen LogP contribution in [0.2, 0.25) is 0 Å². The molecule has 4 atom stereocenters. The van der Waals surface area contributed by atoms with Gasteiger partial charge in [0.25, 0.3) is 0 Å². The highest BCUT2D eigenvalue weighted by Gasteiger charge is 2.38. The Morgan fingerprint density at radius 1 is 1.20 bits per heavy atom. The maximum atomic E-state index is 15.0. The fourth-order valence-corrected chi connectivity index (χ4v) is 5.97. The summed E-state index contributed by atoms with van der Waals surface area (Å²) in [6, 6.07) is 7.57. The fraction of sp³-hybridized carbons (Fsp3) is 0.400. The van der Waals surface area contributed by atoms with Gasteiger partial charge in [-0.25, -0.2) is 13.8 Å². The second-order valence-electron chi connectivity index (χ2n) is 10.7. The highest BCUT2D eigenvalue weighted by Crippen LogP contribution is 2.40. The topological polar surface area (TPSA) is 111 Å². The Labute approximate surface area is 237 Å². The number of benzene rings is 1. The van der Waals surface area contributed by atoms with Gasteiger partial charge in [0.05, 0.1) is 41.5 Å². The minimum atomic E-state index is -0.716. The molecule has 0 spiro atoms. The van der Waals surface area contributed by atoms with Crippen molar-refractivity contribution in [3.8, 4) is 11.3 Å². The molecular formula is C30H35F2N7O2. The van der Waals surface area contributed by atoms with Gasteiger partial charge in [-0.05, 0) is 73.1 Å². The molecule has 5 rings (SSSR count). The van der Waals surface area contributed by atoms with E-state index in [1.807, 2.05) is 13.0 Å². The Balaban J connectivity index is 1.43. The number of nitrogens with two attached hydrogens (primary N) is 1. The molecule has 1 aliphatic carbocycles. The molecule has 1 fully saturated rings. The van der Waals surface area contributed by atoms with E-state index in [-0.39, 0.29) is 47.7 Å². The molecule has 0 saturated heterocycles. The van der Waals surface area contributed by atoms with Gasteiger partial charge in [-0.3, -0.25) is 9.78 Å². The molecule has 41 heavy (non-hydrogen) atoms. The van der Waals surface area contributed by atoms with Crippen LogP contribution in [0.5, 0.6) is 0 Å². The van der Waals surface area contributed by atoms with Crippen LogP contribution in [0.4, 0.5) is 20.4 Å². The quantitative estimate of drug-likeness (QED) is 0.309. The number of ether oxygens (including phenoxy) is 1. The SMILES string of the molecule is CCOCc1cc(F)c(-c2ccc3cnc(Nc4cnccc4C4C[C@@H](N)[C@@H](N(C)C(C)=O)[C@@H](C)C4)n3n2)c(F)c1. The van der Waals surface area contributed by atoms with Gasteiger partial charge in [0.15, 0.2) is 0 Å². The molecule has 0 radical (unpaired) electrons. The third-order valence-corrected chi connectivity index (χ3v) is 7.93. The maximum absolute atomic E-state index is 15.0. The molecule has 3 aromatic heterocycles. The van der Waals surface area contributed by atoms with E-state index in [4.69, 9.17) is 10.5 Å². The molecule has 1 saturated carbocycles. The van der Waals surface area contributed by atoms with Crippen molar-refractivity contribution >= 4 is 23.1 Å². The second-order valence-corrected chi connectivity index (χ2v) is 10.7. The zero-order valence-electron chi connectivity index (χ0n) is 23.6. The van der Waals surface area contributed by atoms with Crippen LogP contribution in [0.3, 0.4) is 0 Å². The van der Waals surface area contributed by atoms with Gasteiger partial charge in [-0.1, -0.05) is 6.92 Å². The average Bonchev–Trinajstić information content (AvgIpc) is 3.33. The highest BCUT2D eigenvalue weighted by atomic mass is 19.1. The summed E-state index contributed by atoms with van der Waals surface area (Å²) in [6.07, 6.45) is 6.64. The number of anilines is 2. The van der Waals surface area contributed by atoms with Crippen molar-refractivity contribution in [1.82, 2.24) is 24.5 Å². The third kappa shape index (κ3) is 5.77. The predicted octanol–water partition coefficient (Wildman–Crippen LogP) is 5.04. The lowest BCUT2D eigenvalue weighted by atomic mass is 9.73. The van der Waals surface area contributed by atoms with Gasteiger partial charge in [0, 0.05) is 38.9 Å². The van der Waals surface area contributed by atoms with Crippen molar-refractivity contribution < 1.29 is 18.3 Å². The summed E-state index contributed by atoms with van der Waals surface area (Å²) in [6.45, 7) is 6.08. The minimum Gasteiger partial charge on any atom is -0.377 e. The van der Waals surface area contributed by atoms with E-state index in [9.17, 15) is 4.79 Å².